The Hall–Kier alpha value is -1.13. The predicted octanol–water partition coefficient (Wildman–Crippen LogP) is 1.86. The van der Waals surface area contributed by atoms with Crippen LogP contribution in [-0.2, 0) is 6.54 Å². The van der Waals surface area contributed by atoms with Gasteiger partial charge < -0.3 is 9.67 Å². The molecular formula is C10H12ClN3O. The van der Waals surface area contributed by atoms with Gasteiger partial charge in [0.05, 0.1) is 29.4 Å². The summed E-state index contributed by atoms with van der Waals surface area (Å²) in [6.45, 7) is 4.02. The Morgan fingerprint density at radius 2 is 2.27 bits per heavy atom. The topological polar surface area (TPSA) is 50.9 Å². The molecule has 4 nitrogen and oxygen atoms in total. The Kier molecular flexibility index (Phi) is 2.40. The van der Waals surface area contributed by atoms with E-state index >= 15 is 0 Å². The van der Waals surface area contributed by atoms with E-state index in [0.717, 1.165) is 11.0 Å². The highest BCUT2D eigenvalue weighted by molar-refractivity contribution is 6.28. The van der Waals surface area contributed by atoms with Gasteiger partial charge in [0.15, 0.2) is 0 Å². The SMILES string of the molecule is CC(C)(O)Cn1ccc2nc(Cl)ncc21. The van der Waals surface area contributed by atoms with Gasteiger partial charge in [0, 0.05) is 6.20 Å². The van der Waals surface area contributed by atoms with Crippen LogP contribution in [0.5, 0.6) is 0 Å². The van der Waals surface area contributed by atoms with Gasteiger partial charge in [-0.25, -0.2) is 9.97 Å². The van der Waals surface area contributed by atoms with Crippen LogP contribution in [0.1, 0.15) is 13.8 Å². The molecular weight excluding hydrogens is 214 g/mol. The smallest absolute Gasteiger partial charge is 0.223 e. The van der Waals surface area contributed by atoms with Gasteiger partial charge in [-0.05, 0) is 31.5 Å². The highest BCUT2D eigenvalue weighted by atomic mass is 35.5. The molecule has 2 rings (SSSR count). The van der Waals surface area contributed by atoms with E-state index in [-0.39, 0.29) is 5.28 Å². The van der Waals surface area contributed by atoms with E-state index in [2.05, 4.69) is 9.97 Å². The summed E-state index contributed by atoms with van der Waals surface area (Å²) in [6, 6.07) is 1.86. The van der Waals surface area contributed by atoms with Crippen LogP contribution in [0.25, 0.3) is 11.0 Å². The molecule has 0 aliphatic heterocycles. The molecule has 80 valence electrons. The maximum atomic E-state index is 9.72. The molecule has 2 aromatic rings. The zero-order valence-electron chi connectivity index (χ0n) is 8.61. The van der Waals surface area contributed by atoms with E-state index in [9.17, 15) is 5.11 Å². The summed E-state index contributed by atoms with van der Waals surface area (Å²) in [5, 5.41) is 9.96. The highest BCUT2D eigenvalue weighted by Gasteiger charge is 2.15. The first-order valence-electron chi connectivity index (χ1n) is 4.65. The van der Waals surface area contributed by atoms with Crippen molar-refractivity contribution in [3.05, 3.63) is 23.7 Å². The monoisotopic (exact) mass is 225 g/mol. The third-order valence-electron chi connectivity index (χ3n) is 2.05. The van der Waals surface area contributed by atoms with E-state index in [4.69, 9.17) is 11.6 Å². The lowest BCUT2D eigenvalue weighted by atomic mass is 10.1. The van der Waals surface area contributed by atoms with Crippen molar-refractivity contribution in [3.8, 4) is 0 Å². The van der Waals surface area contributed by atoms with Gasteiger partial charge in [-0.15, -0.1) is 0 Å². The number of nitrogens with zero attached hydrogens (tertiary/aromatic N) is 3. The molecule has 1 N–H and O–H groups in total. The molecule has 0 saturated heterocycles. The van der Waals surface area contributed by atoms with Gasteiger partial charge >= 0.3 is 0 Å². The van der Waals surface area contributed by atoms with Crippen molar-refractivity contribution < 1.29 is 5.11 Å². The molecule has 0 unspecified atom stereocenters. The van der Waals surface area contributed by atoms with Crippen LogP contribution in [0.4, 0.5) is 0 Å². The Morgan fingerprint density at radius 3 is 2.93 bits per heavy atom. The number of fused-ring (bicyclic) bond motifs is 1. The second-order valence-corrected chi connectivity index (χ2v) is 4.50. The number of hydrogen-bond donors (Lipinski definition) is 1. The third-order valence-corrected chi connectivity index (χ3v) is 2.23. The predicted molar refractivity (Wildman–Crippen MR) is 58.8 cm³/mol. The van der Waals surface area contributed by atoms with E-state index in [1.165, 1.54) is 0 Å². The van der Waals surface area contributed by atoms with E-state index < -0.39 is 5.60 Å². The lowest BCUT2D eigenvalue weighted by Crippen LogP contribution is -2.25. The first-order valence-corrected chi connectivity index (χ1v) is 5.03. The van der Waals surface area contributed by atoms with Crippen LogP contribution in [0.2, 0.25) is 5.28 Å². The zero-order chi connectivity index (χ0) is 11.1. The second kappa shape index (κ2) is 3.47. The van der Waals surface area contributed by atoms with Crippen LogP contribution in [0, 0.1) is 0 Å². The van der Waals surface area contributed by atoms with Crippen molar-refractivity contribution in [1.82, 2.24) is 14.5 Å². The van der Waals surface area contributed by atoms with Gasteiger partial charge in [-0.1, -0.05) is 0 Å². The quantitative estimate of drug-likeness (QED) is 0.794. The number of aliphatic hydroxyl groups is 1. The molecule has 0 fully saturated rings. The molecule has 0 aromatic carbocycles. The Bertz CT molecular complexity index is 487. The summed E-state index contributed by atoms with van der Waals surface area (Å²) in [6.07, 6.45) is 3.53. The molecule has 0 aliphatic carbocycles. The fourth-order valence-electron chi connectivity index (χ4n) is 1.51. The molecule has 0 bridgehead atoms. The fraction of sp³-hybridized carbons (Fsp3) is 0.400. The lowest BCUT2D eigenvalue weighted by Gasteiger charge is -2.18. The van der Waals surface area contributed by atoms with Crippen LogP contribution in [0.15, 0.2) is 18.5 Å². The summed E-state index contributed by atoms with van der Waals surface area (Å²) in [4.78, 5) is 8.00. The lowest BCUT2D eigenvalue weighted by molar-refractivity contribution is 0.0628. The largest absolute Gasteiger partial charge is 0.389 e. The van der Waals surface area contributed by atoms with Crippen LogP contribution in [0.3, 0.4) is 0 Å². The average Bonchev–Trinajstić information content (AvgIpc) is 2.45. The van der Waals surface area contributed by atoms with E-state index in [1.54, 1.807) is 20.0 Å². The molecule has 15 heavy (non-hydrogen) atoms. The maximum Gasteiger partial charge on any atom is 0.223 e. The number of rotatable bonds is 2. The van der Waals surface area contributed by atoms with Crippen molar-refractivity contribution >= 4 is 22.6 Å². The van der Waals surface area contributed by atoms with E-state index in [1.807, 2.05) is 16.8 Å². The number of aromatic nitrogens is 3. The molecule has 0 amide bonds. The Balaban J connectivity index is 2.45. The van der Waals surface area contributed by atoms with Crippen molar-refractivity contribution in [2.45, 2.75) is 26.0 Å². The highest BCUT2D eigenvalue weighted by Crippen LogP contribution is 2.17. The van der Waals surface area contributed by atoms with Gasteiger partial charge in [0.25, 0.3) is 0 Å². The molecule has 0 aliphatic rings. The van der Waals surface area contributed by atoms with Gasteiger partial charge in [0.2, 0.25) is 5.28 Å². The molecule has 2 aromatic heterocycles. The Labute approximate surface area is 92.5 Å². The minimum absolute atomic E-state index is 0.239. The minimum atomic E-state index is -0.758. The number of halogens is 1. The third kappa shape index (κ3) is 2.27. The maximum absolute atomic E-state index is 9.72. The summed E-state index contributed by atoms with van der Waals surface area (Å²) >= 11 is 5.68. The minimum Gasteiger partial charge on any atom is -0.389 e. The molecule has 0 radical (unpaired) electrons. The van der Waals surface area contributed by atoms with Crippen LogP contribution < -0.4 is 0 Å². The van der Waals surface area contributed by atoms with Crippen molar-refractivity contribution in [2.24, 2.45) is 0 Å². The second-order valence-electron chi connectivity index (χ2n) is 4.17. The van der Waals surface area contributed by atoms with Gasteiger partial charge in [0.1, 0.15) is 0 Å². The Morgan fingerprint density at radius 1 is 1.53 bits per heavy atom. The summed E-state index contributed by atoms with van der Waals surface area (Å²) < 4.78 is 1.91. The summed E-state index contributed by atoms with van der Waals surface area (Å²) in [5.74, 6) is 0. The summed E-state index contributed by atoms with van der Waals surface area (Å²) in [5.41, 5.74) is 0.909. The average molecular weight is 226 g/mol. The zero-order valence-corrected chi connectivity index (χ0v) is 9.36. The van der Waals surface area contributed by atoms with Crippen molar-refractivity contribution in [1.29, 1.82) is 0 Å². The van der Waals surface area contributed by atoms with Gasteiger partial charge in [-0.2, -0.15) is 0 Å². The van der Waals surface area contributed by atoms with Gasteiger partial charge in [-0.3, -0.25) is 0 Å². The van der Waals surface area contributed by atoms with Crippen LogP contribution in [-0.4, -0.2) is 25.2 Å². The molecule has 0 saturated carbocycles. The van der Waals surface area contributed by atoms with Crippen molar-refractivity contribution in [3.63, 3.8) is 0 Å². The number of hydrogen-bond acceptors (Lipinski definition) is 3. The van der Waals surface area contributed by atoms with Crippen LogP contribution >= 0.6 is 11.6 Å². The van der Waals surface area contributed by atoms with E-state index in [0.29, 0.717) is 6.54 Å². The fourth-order valence-corrected chi connectivity index (χ4v) is 1.65. The summed E-state index contributed by atoms with van der Waals surface area (Å²) in [7, 11) is 0. The van der Waals surface area contributed by atoms with Crippen molar-refractivity contribution in [2.75, 3.05) is 0 Å². The molecule has 0 atom stereocenters. The molecule has 5 heteroatoms. The molecule has 0 spiro atoms. The molecule has 2 heterocycles. The standard InChI is InChI=1S/C10H12ClN3O/c1-10(2,15)6-14-4-3-7-8(14)5-12-9(11)13-7/h3-5,15H,6H2,1-2H3. The first-order chi connectivity index (χ1) is 6.96. The normalized spacial score (nSPS) is 12.3. The first kappa shape index (κ1) is 10.4.